The van der Waals surface area contributed by atoms with E-state index in [-0.39, 0.29) is 12.1 Å². The van der Waals surface area contributed by atoms with Gasteiger partial charge in [0, 0.05) is 12.1 Å². The standard InChI is InChI=1S/C15H17N5O2/c21-15(18-12-2-1-10-7-22-8-11(10)5-12)19-13-3-4-14-16-9-17-20(14)6-13/h1-2,5,9,13H,3-4,6-8H2,(H2,18,19,21). The molecule has 0 saturated carbocycles. The fourth-order valence-electron chi connectivity index (χ4n) is 2.96. The van der Waals surface area contributed by atoms with Gasteiger partial charge >= 0.3 is 6.03 Å². The van der Waals surface area contributed by atoms with Gasteiger partial charge in [0.05, 0.1) is 25.8 Å². The van der Waals surface area contributed by atoms with Crippen molar-refractivity contribution < 1.29 is 9.53 Å². The highest BCUT2D eigenvalue weighted by Crippen LogP contribution is 2.23. The Morgan fingerprint density at radius 2 is 2.23 bits per heavy atom. The zero-order chi connectivity index (χ0) is 14.9. The zero-order valence-corrected chi connectivity index (χ0v) is 12.1. The third-order valence-corrected chi connectivity index (χ3v) is 4.12. The summed E-state index contributed by atoms with van der Waals surface area (Å²) in [6, 6.07) is 5.77. The van der Waals surface area contributed by atoms with Crippen molar-refractivity contribution in [1.82, 2.24) is 20.1 Å². The third-order valence-electron chi connectivity index (χ3n) is 4.12. The van der Waals surface area contributed by atoms with Crippen LogP contribution in [0.3, 0.4) is 0 Å². The largest absolute Gasteiger partial charge is 0.372 e. The molecule has 2 N–H and O–H groups in total. The molecule has 0 spiro atoms. The molecule has 7 heteroatoms. The number of hydrogen-bond donors (Lipinski definition) is 2. The summed E-state index contributed by atoms with van der Waals surface area (Å²) in [7, 11) is 0. The van der Waals surface area contributed by atoms with Crippen LogP contribution >= 0.6 is 0 Å². The van der Waals surface area contributed by atoms with Crippen LogP contribution in [0.4, 0.5) is 10.5 Å². The van der Waals surface area contributed by atoms with E-state index in [0.29, 0.717) is 19.8 Å². The van der Waals surface area contributed by atoms with E-state index in [2.05, 4.69) is 20.7 Å². The summed E-state index contributed by atoms with van der Waals surface area (Å²) in [6.07, 6.45) is 3.27. The normalized spacial score (nSPS) is 19.4. The first kappa shape index (κ1) is 13.3. The number of rotatable bonds is 2. The number of carbonyl (C=O) groups excluding carboxylic acids is 1. The lowest BCUT2D eigenvalue weighted by Gasteiger charge is -2.23. The van der Waals surface area contributed by atoms with Gasteiger partial charge in [-0.2, -0.15) is 5.10 Å². The average Bonchev–Trinajstić information content (AvgIpc) is 3.14. The second kappa shape index (κ2) is 5.42. The van der Waals surface area contributed by atoms with Crippen molar-refractivity contribution in [2.24, 2.45) is 0 Å². The number of hydrogen-bond acceptors (Lipinski definition) is 4. The van der Waals surface area contributed by atoms with Crippen molar-refractivity contribution in [1.29, 1.82) is 0 Å². The van der Waals surface area contributed by atoms with Gasteiger partial charge < -0.3 is 15.4 Å². The van der Waals surface area contributed by atoms with E-state index in [0.717, 1.165) is 29.9 Å². The van der Waals surface area contributed by atoms with E-state index in [4.69, 9.17) is 4.74 Å². The second-order valence-electron chi connectivity index (χ2n) is 5.67. The van der Waals surface area contributed by atoms with Crippen molar-refractivity contribution in [3.63, 3.8) is 0 Å². The number of aromatic nitrogens is 3. The molecule has 2 aliphatic rings. The molecule has 0 bridgehead atoms. The third kappa shape index (κ3) is 2.55. The van der Waals surface area contributed by atoms with Gasteiger partial charge in [0.1, 0.15) is 12.2 Å². The number of anilines is 1. The number of nitrogens with zero attached hydrogens (tertiary/aromatic N) is 3. The minimum Gasteiger partial charge on any atom is -0.372 e. The average molecular weight is 299 g/mol. The van der Waals surface area contributed by atoms with Gasteiger partial charge in [0.15, 0.2) is 0 Å². The molecular weight excluding hydrogens is 282 g/mol. The molecule has 22 heavy (non-hydrogen) atoms. The van der Waals surface area contributed by atoms with E-state index in [9.17, 15) is 4.79 Å². The van der Waals surface area contributed by atoms with E-state index in [1.807, 2.05) is 22.9 Å². The van der Waals surface area contributed by atoms with Crippen LogP contribution in [0.15, 0.2) is 24.5 Å². The molecule has 0 radical (unpaired) electrons. The van der Waals surface area contributed by atoms with Crippen LogP contribution in [0.5, 0.6) is 0 Å². The predicted octanol–water partition coefficient (Wildman–Crippen LogP) is 1.44. The smallest absolute Gasteiger partial charge is 0.319 e. The van der Waals surface area contributed by atoms with E-state index in [1.54, 1.807) is 6.33 Å². The Balaban J connectivity index is 1.37. The molecule has 2 amide bonds. The quantitative estimate of drug-likeness (QED) is 0.879. The first-order valence-electron chi connectivity index (χ1n) is 7.42. The van der Waals surface area contributed by atoms with Gasteiger partial charge in [-0.1, -0.05) is 6.07 Å². The first-order chi connectivity index (χ1) is 10.8. The molecule has 0 fully saturated rings. The van der Waals surface area contributed by atoms with E-state index >= 15 is 0 Å². The number of fused-ring (bicyclic) bond motifs is 2. The number of carbonyl (C=O) groups is 1. The monoisotopic (exact) mass is 299 g/mol. The SMILES string of the molecule is O=C(Nc1ccc2c(c1)COC2)NC1CCc2ncnn2C1. The highest BCUT2D eigenvalue weighted by atomic mass is 16.5. The molecule has 4 rings (SSSR count). The van der Waals surface area contributed by atoms with Gasteiger partial charge in [0.25, 0.3) is 0 Å². The summed E-state index contributed by atoms with van der Waals surface area (Å²) in [5, 5.41) is 10.0. The molecule has 1 unspecified atom stereocenters. The Labute approximate surface area is 127 Å². The lowest BCUT2D eigenvalue weighted by molar-refractivity contribution is 0.134. The van der Waals surface area contributed by atoms with Crippen molar-refractivity contribution in [3.05, 3.63) is 41.5 Å². The Morgan fingerprint density at radius 1 is 1.32 bits per heavy atom. The molecule has 7 nitrogen and oxygen atoms in total. The van der Waals surface area contributed by atoms with Gasteiger partial charge in [0.2, 0.25) is 0 Å². The Bertz CT molecular complexity index is 712. The zero-order valence-electron chi connectivity index (χ0n) is 12.1. The summed E-state index contributed by atoms with van der Waals surface area (Å²) in [5.41, 5.74) is 3.12. The highest BCUT2D eigenvalue weighted by molar-refractivity contribution is 5.89. The van der Waals surface area contributed by atoms with Crippen LogP contribution in [0.1, 0.15) is 23.4 Å². The minimum absolute atomic E-state index is 0.0759. The number of amides is 2. The Kier molecular flexibility index (Phi) is 3.27. The topological polar surface area (TPSA) is 81.1 Å². The maximum atomic E-state index is 12.1. The predicted molar refractivity (Wildman–Crippen MR) is 79.2 cm³/mol. The number of benzene rings is 1. The Morgan fingerprint density at radius 3 is 3.18 bits per heavy atom. The summed E-state index contributed by atoms with van der Waals surface area (Å²) in [6.45, 7) is 1.94. The molecule has 1 aromatic carbocycles. The molecule has 0 saturated heterocycles. The molecule has 114 valence electrons. The van der Waals surface area contributed by atoms with E-state index < -0.39 is 0 Å². The fraction of sp³-hybridized carbons (Fsp3) is 0.400. The highest BCUT2D eigenvalue weighted by Gasteiger charge is 2.21. The Hall–Kier alpha value is -2.41. The second-order valence-corrected chi connectivity index (χ2v) is 5.67. The fourth-order valence-corrected chi connectivity index (χ4v) is 2.96. The number of urea groups is 1. The molecule has 2 aliphatic heterocycles. The number of nitrogens with one attached hydrogen (secondary N) is 2. The number of ether oxygens (including phenoxy) is 1. The number of aryl methyl sites for hydroxylation is 1. The maximum Gasteiger partial charge on any atom is 0.319 e. The summed E-state index contributed by atoms with van der Waals surface area (Å²) in [4.78, 5) is 16.3. The van der Waals surface area contributed by atoms with Crippen molar-refractivity contribution in [2.75, 3.05) is 5.32 Å². The minimum atomic E-state index is -0.188. The van der Waals surface area contributed by atoms with Crippen LogP contribution in [0, 0.1) is 0 Å². The molecule has 0 aliphatic carbocycles. The van der Waals surface area contributed by atoms with Crippen LogP contribution in [0.25, 0.3) is 0 Å². The van der Waals surface area contributed by atoms with Gasteiger partial charge in [-0.05, 0) is 29.7 Å². The van der Waals surface area contributed by atoms with Crippen LogP contribution in [0.2, 0.25) is 0 Å². The van der Waals surface area contributed by atoms with Gasteiger partial charge in [-0.25, -0.2) is 14.5 Å². The first-order valence-corrected chi connectivity index (χ1v) is 7.42. The molecule has 2 aromatic rings. The van der Waals surface area contributed by atoms with Crippen molar-refractivity contribution in [2.45, 2.75) is 38.6 Å². The van der Waals surface area contributed by atoms with Crippen molar-refractivity contribution in [3.8, 4) is 0 Å². The molecule has 3 heterocycles. The summed E-state index contributed by atoms with van der Waals surface area (Å²) in [5.74, 6) is 0.983. The lowest BCUT2D eigenvalue weighted by atomic mass is 10.1. The van der Waals surface area contributed by atoms with Crippen LogP contribution < -0.4 is 10.6 Å². The van der Waals surface area contributed by atoms with Crippen LogP contribution in [-0.2, 0) is 30.9 Å². The van der Waals surface area contributed by atoms with Gasteiger partial charge in [-0.15, -0.1) is 0 Å². The summed E-state index contributed by atoms with van der Waals surface area (Å²) >= 11 is 0. The van der Waals surface area contributed by atoms with E-state index in [1.165, 1.54) is 5.56 Å². The molecular formula is C15H17N5O2. The maximum absolute atomic E-state index is 12.1. The summed E-state index contributed by atoms with van der Waals surface area (Å²) < 4.78 is 7.23. The lowest BCUT2D eigenvalue weighted by Crippen LogP contribution is -2.43. The molecule has 1 aromatic heterocycles. The molecule has 1 atom stereocenters. The van der Waals surface area contributed by atoms with Crippen LogP contribution in [-0.4, -0.2) is 26.8 Å². The van der Waals surface area contributed by atoms with Gasteiger partial charge in [-0.3, -0.25) is 0 Å². The van der Waals surface area contributed by atoms with Crippen molar-refractivity contribution >= 4 is 11.7 Å².